The number of aliphatic hydroxyl groups is 1. The van der Waals surface area contributed by atoms with Crippen LogP contribution in [-0.4, -0.2) is 48.2 Å². The van der Waals surface area contributed by atoms with Gasteiger partial charge in [0, 0.05) is 12.1 Å². The quantitative estimate of drug-likeness (QED) is 0.777. The Hall–Kier alpha value is -1.88. The molecule has 5 nitrogen and oxygen atoms in total. The molecule has 116 valence electrons. The average Bonchev–Trinajstić information content (AvgIpc) is 2.54. The number of rotatable bonds is 7. The van der Waals surface area contributed by atoms with Gasteiger partial charge in [0.25, 0.3) is 5.91 Å². The highest BCUT2D eigenvalue weighted by molar-refractivity contribution is 5.94. The topological polar surface area (TPSA) is 66.8 Å². The molecule has 0 aromatic heterocycles. The molecule has 0 saturated heterocycles. The molecule has 1 aromatic carbocycles. The van der Waals surface area contributed by atoms with Crippen molar-refractivity contribution >= 4 is 11.9 Å². The van der Waals surface area contributed by atoms with E-state index in [-0.39, 0.29) is 31.1 Å². The second-order valence-electron chi connectivity index (χ2n) is 4.99. The van der Waals surface area contributed by atoms with Gasteiger partial charge in [-0.1, -0.05) is 32.0 Å². The molecule has 0 aliphatic carbocycles. The molecule has 2 atom stereocenters. The molecular formula is C16H23NO4. The van der Waals surface area contributed by atoms with E-state index >= 15 is 0 Å². The number of amides is 1. The molecule has 1 aromatic rings. The van der Waals surface area contributed by atoms with Crippen molar-refractivity contribution in [2.75, 3.05) is 20.3 Å². The summed E-state index contributed by atoms with van der Waals surface area (Å²) in [6, 6.07) is 8.54. The Balaban J connectivity index is 2.97. The van der Waals surface area contributed by atoms with Crippen LogP contribution in [0.3, 0.4) is 0 Å². The van der Waals surface area contributed by atoms with E-state index in [1.807, 2.05) is 13.0 Å². The predicted octanol–water partition coefficient (Wildman–Crippen LogP) is 1.71. The molecule has 0 aliphatic heterocycles. The van der Waals surface area contributed by atoms with Crippen LogP contribution in [0, 0.1) is 5.92 Å². The number of methoxy groups -OCH3 is 1. The van der Waals surface area contributed by atoms with Crippen molar-refractivity contribution in [1.82, 2.24) is 4.90 Å². The number of benzene rings is 1. The van der Waals surface area contributed by atoms with Crippen molar-refractivity contribution in [3.8, 4) is 0 Å². The van der Waals surface area contributed by atoms with Crippen LogP contribution < -0.4 is 0 Å². The smallest absolute Gasteiger partial charge is 0.310 e. The van der Waals surface area contributed by atoms with Crippen LogP contribution in [0.25, 0.3) is 0 Å². The molecule has 0 bridgehead atoms. The fourth-order valence-electron chi connectivity index (χ4n) is 2.16. The first-order chi connectivity index (χ1) is 10.0. The molecule has 0 radical (unpaired) electrons. The van der Waals surface area contributed by atoms with Crippen LogP contribution in [0.4, 0.5) is 0 Å². The van der Waals surface area contributed by atoms with Gasteiger partial charge >= 0.3 is 5.97 Å². The Kier molecular flexibility index (Phi) is 6.88. The molecule has 2 unspecified atom stereocenters. The van der Waals surface area contributed by atoms with Gasteiger partial charge in [0.05, 0.1) is 25.7 Å². The zero-order chi connectivity index (χ0) is 15.8. The monoisotopic (exact) mass is 293 g/mol. The van der Waals surface area contributed by atoms with Gasteiger partial charge in [-0.25, -0.2) is 0 Å². The maximum absolute atomic E-state index is 12.6. The minimum atomic E-state index is -0.441. The minimum absolute atomic E-state index is 0.136. The van der Waals surface area contributed by atoms with Crippen molar-refractivity contribution in [2.24, 2.45) is 5.92 Å². The first-order valence-electron chi connectivity index (χ1n) is 7.09. The molecule has 21 heavy (non-hydrogen) atoms. The number of ether oxygens (including phenoxy) is 1. The van der Waals surface area contributed by atoms with Crippen molar-refractivity contribution < 1.29 is 19.4 Å². The van der Waals surface area contributed by atoms with Crippen molar-refractivity contribution in [1.29, 1.82) is 0 Å². The van der Waals surface area contributed by atoms with Crippen LogP contribution in [-0.2, 0) is 9.53 Å². The number of hydrogen-bond acceptors (Lipinski definition) is 4. The fourth-order valence-corrected chi connectivity index (χ4v) is 2.16. The van der Waals surface area contributed by atoms with E-state index in [0.29, 0.717) is 12.0 Å². The minimum Gasteiger partial charge on any atom is -0.469 e. The Morgan fingerprint density at radius 3 is 2.38 bits per heavy atom. The Morgan fingerprint density at radius 1 is 1.29 bits per heavy atom. The Morgan fingerprint density at radius 2 is 1.90 bits per heavy atom. The average molecular weight is 293 g/mol. The number of esters is 1. The van der Waals surface area contributed by atoms with E-state index in [9.17, 15) is 14.7 Å². The molecular weight excluding hydrogens is 270 g/mol. The van der Waals surface area contributed by atoms with Gasteiger partial charge < -0.3 is 14.7 Å². The lowest BCUT2D eigenvalue weighted by atomic mass is 10.1. The van der Waals surface area contributed by atoms with Crippen LogP contribution >= 0.6 is 0 Å². The third-order valence-corrected chi connectivity index (χ3v) is 3.48. The summed E-state index contributed by atoms with van der Waals surface area (Å²) in [6.45, 7) is 3.69. The molecule has 0 aliphatic rings. The molecule has 1 N–H and O–H groups in total. The van der Waals surface area contributed by atoms with Crippen molar-refractivity contribution in [3.63, 3.8) is 0 Å². The van der Waals surface area contributed by atoms with Gasteiger partial charge in [-0.2, -0.15) is 0 Å². The van der Waals surface area contributed by atoms with Crippen molar-refractivity contribution in [3.05, 3.63) is 35.9 Å². The lowest BCUT2D eigenvalue weighted by Gasteiger charge is -2.31. The van der Waals surface area contributed by atoms with E-state index in [4.69, 9.17) is 4.74 Å². The van der Waals surface area contributed by atoms with Crippen LogP contribution in [0.1, 0.15) is 30.6 Å². The van der Waals surface area contributed by atoms with E-state index in [1.54, 1.807) is 36.1 Å². The lowest BCUT2D eigenvalue weighted by molar-refractivity contribution is -0.145. The van der Waals surface area contributed by atoms with Gasteiger partial charge in [-0.3, -0.25) is 9.59 Å². The Labute approximate surface area is 125 Å². The van der Waals surface area contributed by atoms with Crippen LogP contribution in [0.5, 0.6) is 0 Å². The standard InChI is InChI=1S/C16H23NO4/c1-4-14(11-18)17(10-12(2)16(20)21-3)15(19)13-8-6-5-7-9-13/h5-9,12,14,18H,4,10-11H2,1-3H3. The van der Waals surface area contributed by atoms with Gasteiger partial charge in [0.1, 0.15) is 0 Å². The van der Waals surface area contributed by atoms with Crippen molar-refractivity contribution in [2.45, 2.75) is 26.3 Å². The maximum atomic E-state index is 12.6. The molecule has 0 spiro atoms. The summed E-state index contributed by atoms with van der Waals surface area (Å²) in [4.78, 5) is 25.7. The van der Waals surface area contributed by atoms with Crippen LogP contribution in [0.2, 0.25) is 0 Å². The van der Waals surface area contributed by atoms with Gasteiger partial charge in [-0.15, -0.1) is 0 Å². The number of carbonyl (C=O) groups excluding carboxylic acids is 2. The maximum Gasteiger partial charge on any atom is 0.310 e. The number of carbonyl (C=O) groups is 2. The summed E-state index contributed by atoms with van der Waals surface area (Å²) in [5.74, 6) is -0.996. The first-order valence-corrected chi connectivity index (χ1v) is 7.09. The summed E-state index contributed by atoms with van der Waals surface area (Å²) in [7, 11) is 1.32. The summed E-state index contributed by atoms with van der Waals surface area (Å²) in [5, 5.41) is 9.49. The highest BCUT2D eigenvalue weighted by Gasteiger charge is 2.27. The fraction of sp³-hybridized carbons (Fsp3) is 0.500. The second-order valence-corrected chi connectivity index (χ2v) is 4.99. The Bertz CT molecular complexity index is 457. The SMILES string of the molecule is CCC(CO)N(CC(C)C(=O)OC)C(=O)c1ccccc1. The van der Waals surface area contributed by atoms with Crippen LogP contribution in [0.15, 0.2) is 30.3 Å². The predicted molar refractivity (Wildman–Crippen MR) is 79.8 cm³/mol. The molecule has 0 fully saturated rings. The van der Waals surface area contributed by atoms with E-state index in [2.05, 4.69) is 0 Å². The first kappa shape index (κ1) is 17.2. The largest absolute Gasteiger partial charge is 0.469 e. The summed E-state index contributed by atoms with van der Waals surface area (Å²) in [5.41, 5.74) is 0.543. The molecule has 5 heteroatoms. The third-order valence-electron chi connectivity index (χ3n) is 3.48. The zero-order valence-electron chi connectivity index (χ0n) is 12.8. The molecule has 0 saturated carbocycles. The number of nitrogens with zero attached hydrogens (tertiary/aromatic N) is 1. The van der Waals surface area contributed by atoms with Gasteiger partial charge in [0.15, 0.2) is 0 Å². The summed E-state index contributed by atoms with van der Waals surface area (Å²) >= 11 is 0. The molecule has 0 heterocycles. The third kappa shape index (κ3) is 4.56. The number of aliphatic hydroxyl groups excluding tert-OH is 1. The second kappa shape index (κ2) is 8.42. The molecule has 1 amide bonds. The summed E-state index contributed by atoms with van der Waals surface area (Å²) in [6.07, 6.45) is 0.614. The summed E-state index contributed by atoms with van der Waals surface area (Å²) < 4.78 is 4.71. The molecule has 1 rings (SSSR count). The number of hydrogen-bond donors (Lipinski definition) is 1. The van der Waals surface area contributed by atoms with E-state index in [1.165, 1.54) is 7.11 Å². The van der Waals surface area contributed by atoms with Gasteiger partial charge in [-0.05, 0) is 18.6 Å². The normalized spacial score (nSPS) is 13.3. The highest BCUT2D eigenvalue weighted by Crippen LogP contribution is 2.14. The lowest BCUT2D eigenvalue weighted by Crippen LogP contribution is -2.45. The van der Waals surface area contributed by atoms with E-state index < -0.39 is 5.92 Å². The zero-order valence-corrected chi connectivity index (χ0v) is 12.8. The van der Waals surface area contributed by atoms with Gasteiger partial charge in [0.2, 0.25) is 0 Å². The highest BCUT2D eigenvalue weighted by atomic mass is 16.5. The van der Waals surface area contributed by atoms with E-state index in [0.717, 1.165) is 0 Å².